The van der Waals surface area contributed by atoms with E-state index < -0.39 is 9.84 Å². The van der Waals surface area contributed by atoms with Crippen molar-refractivity contribution in [2.24, 2.45) is 4.99 Å². The molecule has 1 aliphatic heterocycles. The zero-order valence-corrected chi connectivity index (χ0v) is 15.5. The molecule has 2 heterocycles. The average molecular weight is 371 g/mol. The fourth-order valence-corrected chi connectivity index (χ4v) is 3.36. The molecule has 0 aromatic carbocycles. The highest BCUT2D eigenvalue weighted by molar-refractivity contribution is 7.90. The van der Waals surface area contributed by atoms with Crippen molar-refractivity contribution in [1.82, 2.24) is 15.6 Å². The number of hydrogen-bond acceptors (Lipinski definition) is 5. The highest BCUT2D eigenvalue weighted by Crippen LogP contribution is 2.20. The lowest BCUT2D eigenvalue weighted by Gasteiger charge is -2.19. The predicted molar refractivity (Wildman–Crippen MR) is 98.3 cm³/mol. The molecule has 0 saturated carbocycles. The molecule has 7 nitrogen and oxygen atoms in total. The first-order chi connectivity index (χ1) is 11.9. The molecule has 25 heavy (non-hydrogen) atoms. The third-order valence-electron chi connectivity index (χ3n) is 3.86. The highest BCUT2D eigenvalue weighted by atomic mass is 32.2. The Labute approximate surface area is 148 Å². The molecule has 1 unspecified atom stereocenters. The van der Waals surface area contributed by atoms with Gasteiger partial charge in [0.15, 0.2) is 17.6 Å². The summed E-state index contributed by atoms with van der Waals surface area (Å²) in [6.07, 6.45) is 4.16. The van der Waals surface area contributed by atoms with Gasteiger partial charge >= 0.3 is 0 Å². The van der Waals surface area contributed by atoms with Gasteiger partial charge in [-0.2, -0.15) is 0 Å². The van der Waals surface area contributed by atoms with E-state index in [0.717, 1.165) is 13.0 Å². The van der Waals surface area contributed by atoms with Crippen molar-refractivity contribution >= 4 is 21.6 Å². The maximum atomic E-state index is 13.8. The molecule has 0 bridgehead atoms. The molecule has 0 aliphatic carbocycles. The van der Waals surface area contributed by atoms with Crippen molar-refractivity contribution in [3.63, 3.8) is 0 Å². The number of hydrogen-bond donors (Lipinski definition) is 2. The van der Waals surface area contributed by atoms with E-state index in [1.807, 2.05) is 11.8 Å². The Bertz CT molecular complexity index is 696. The smallest absolute Gasteiger partial charge is 0.191 e. The van der Waals surface area contributed by atoms with Crippen LogP contribution in [0.4, 0.5) is 10.2 Å². The van der Waals surface area contributed by atoms with Gasteiger partial charge in [-0.05, 0) is 31.9 Å². The van der Waals surface area contributed by atoms with Gasteiger partial charge in [-0.15, -0.1) is 0 Å². The van der Waals surface area contributed by atoms with Crippen LogP contribution in [0.2, 0.25) is 0 Å². The molecule has 0 amide bonds. The first-order valence-electron chi connectivity index (χ1n) is 8.47. The van der Waals surface area contributed by atoms with Gasteiger partial charge in [0.1, 0.15) is 9.84 Å². The molecule has 0 radical (unpaired) electrons. The van der Waals surface area contributed by atoms with Crippen LogP contribution in [0.15, 0.2) is 23.3 Å². The number of guanidine groups is 1. The number of pyridine rings is 1. The van der Waals surface area contributed by atoms with Crippen molar-refractivity contribution in [2.45, 2.75) is 25.8 Å². The van der Waals surface area contributed by atoms with Crippen LogP contribution in [0.5, 0.6) is 0 Å². The monoisotopic (exact) mass is 371 g/mol. The third kappa shape index (κ3) is 6.49. The summed E-state index contributed by atoms with van der Waals surface area (Å²) < 4.78 is 36.2. The van der Waals surface area contributed by atoms with Crippen LogP contribution in [0.1, 0.15) is 19.8 Å². The van der Waals surface area contributed by atoms with Gasteiger partial charge in [0, 0.05) is 44.7 Å². The van der Waals surface area contributed by atoms with Gasteiger partial charge in [-0.25, -0.2) is 17.8 Å². The standard InChI is InChI=1S/C16H26FN5O2S/c1-3-18-16(20-9-5-11-25(2,23)24)21-13-7-10-22(12-13)15-14(17)6-4-8-19-15/h4,6,8,13H,3,5,7,9-12H2,1-2H3,(H2,18,20,21). The zero-order valence-electron chi connectivity index (χ0n) is 14.7. The second kappa shape index (κ2) is 8.98. The predicted octanol–water partition coefficient (Wildman–Crippen LogP) is 0.789. The van der Waals surface area contributed by atoms with Crippen molar-refractivity contribution in [2.75, 3.05) is 43.1 Å². The van der Waals surface area contributed by atoms with Gasteiger partial charge in [0.25, 0.3) is 0 Å². The summed E-state index contributed by atoms with van der Waals surface area (Å²) in [5.74, 6) is 0.849. The molecular formula is C16H26FN5O2S. The number of sulfone groups is 1. The number of aromatic nitrogens is 1. The molecule has 1 aromatic heterocycles. The third-order valence-corrected chi connectivity index (χ3v) is 4.89. The molecular weight excluding hydrogens is 345 g/mol. The largest absolute Gasteiger partial charge is 0.357 e. The Morgan fingerprint density at radius 2 is 2.32 bits per heavy atom. The molecule has 9 heteroatoms. The molecule has 0 spiro atoms. The minimum atomic E-state index is -2.96. The summed E-state index contributed by atoms with van der Waals surface area (Å²) in [6.45, 7) is 4.48. The van der Waals surface area contributed by atoms with E-state index in [-0.39, 0.29) is 17.6 Å². The number of aliphatic imine (C=N–C) groups is 1. The van der Waals surface area contributed by atoms with Crippen LogP contribution in [0, 0.1) is 5.82 Å². The van der Waals surface area contributed by atoms with Crippen molar-refractivity contribution < 1.29 is 12.8 Å². The Kier molecular flexibility index (Phi) is 6.98. The lowest BCUT2D eigenvalue weighted by molar-refractivity contribution is 0.599. The van der Waals surface area contributed by atoms with Crippen molar-refractivity contribution in [3.8, 4) is 0 Å². The van der Waals surface area contributed by atoms with E-state index in [1.54, 1.807) is 12.3 Å². The summed E-state index contributed by atoms with van der Waals surface area (Å²) >= 11 is 0. The van der Waals surface area contributed by atoms with Crippen LogP contribution >= 0.6 is 0 Å². The van der Waals surface area contributed by atoms with Gasteiger partial charge in [0.2, 0.25) is 0 Å². The molecule has 1 aromatic rings. The Hall–Kier alpha value is -1.90. The molecule has 1 atom stereocenters. The number of anilines is 1. The summed E-state index contributed by atoms with van der Waals surface area (Å²) in [6, 6.07) is 3.13. The first kappa shape index (κ1) is 19.4. The summed E-state index contributed by atoms with van der Waals surface area (Å²) in [4.78, 5) is 10.4. The van der Waals surface area contributed by atoms with E-state index in [1.165, 1.54) is 12.3 Å². The number of halogens is 1. The van der Waals surface area contributed by atoms with E-state index >= 15 is 0 Å². The van der Waals surface area contributed by atoms with Gasteiger partial charge in [-0.3, -0.25) is 4.99 Å². The van der Waals surface area contributed by atoms with Crippen LogP contribution in [-0.2, 0) is 9.84 Å². The molecule has 1 fully saturated rings. The maximum absolute atomic E-state index is 13.8. The molecule has 2 N–H and O–H groups in total. The fraction of sp³-hybridized carbons (Fsp3) is 0.625. The van der Waals surface area contributed by atoms with Crippen molar-refractivity contribution in [1.29, 1.82) is 0 Å². The second-order valence-electron chi connectivity index (χ2n) is 6.13. The normalized spacial score (nSPS) is 18.4. The lowest BCUT2D eigenvalue weighted by Crippen LogP contribution is -2.44. The quantitative estimate of drug-likeness (QED) is 0.419. The Morgan fingerprint density at radius 3 is 3.00 bits per heavy atom. The maximum Gasteiger partial charge on any atom is 0.191 e. The van der Waals surface area contributed by atoms with Crippen LogP contribution < -0.4 is 15.5 Å². The number of nitrogens with one attached hydrogen (secondary N) is 2. The molecule has 1 aliphatic rings. The topological polar surface area (TPSA) is 86.7 Å². The lowest BCUT2D eigenvalue weighted by atomic mass is 10.3. The molecule has 2 rings (SSSR count). The van der Waals surface area contributed by atoms with Crippen LogP contribution in [0.3, 0.4) is 0 Å². The van der Waals surface area contributed by atoms with Gasteiger partial charge < -0.3 is 15.5 Å². The Morgan fingerprint density at radius 1 is 1.52 bits per heavy atom. The van der Waals surface area contributed by atoms with Gasteiger partial charge in [-0.1, -0.05) is 0 Å². The van der Waals surface area contributed by atoms with E-state index in [9.17, 15) is 12.8 Å². The van der Waals surface area contributed by atoms with E-state index in [2.05, 4.69) is 20.6 Å². The number of nitrogens with zero attached hydrogens (tertiary/aromatic N) is 3. The highest BCUT2D eigenvalue weighted by Gasteiger charge is 2.25. The van der Waals surface area contributed by atoms with E-state index in [4.69, 9.17) is 0 Å². The van der Waals surface area contributed by atoms with E-state index in [0.29, 0.717) is 37.8 Å². The summed E-state index contributed by atoms with van der Waals surface area (Å²) in [5, 5.41) is 6.49. The summed E-state index contributed by atoms with van der Waals surface area (Å²) in [5.41, 5.74) is 0. The SMILES string of the molecule is CCNC(=NCCCS(C)(=O)=O)NC1CCN(c2ncccc2F)C1. The van der Waals surface area contributed by atoms with Crippen LogP contribution in [0.25, 0.3) is 0 Å². The zero-order chi connectivity index (χ0) is 18.3. The van der Waals surface area contributed by atoms with Gasteiger partial charge in [0.05, 0.1) is 5.75 Å². The fourth-order valence-electron chi connectivity index (χ4n) is 2.71. The number of rotatable bonds is 7. The van der Waals surface area contributed by atoms with Crippen molar-refractivity contribution in [3.05, 3.63) is 24.1 Å². The van der Waals surface area contributed by atoms with Crippen LogP contribution in [-0.4, -0.2) is 63.6 Å². The minimum absolute atomic E-state index is 0.131. The first-order valence-corrected chi connectivity index (χ1v) is 10.5. The average Bonchev–Trinajstić information content (AvgIpc) is 2.99. The second-order valence-corrected chi connectivity index (χ2v) is 8.39. The minimum Gasteiger partial charge on any atom is -0.357 e. The molecule has 140 valence electrons. The Balaban J connectivity index is 1.89. The summed E-state index contributed by atoms with van der Waals surface area (Å²) in [7, 11) is -2.96. The molecule has 1 saturated heterocycles.